The van der Waals surface area contributed by atoms with Gasteiger partial charge in [-0.05, 0) is 26.0 Å². The molecule has 0 amide bonds. The normalized spacial score (nSPS) is 16.6. The topological polar surface area (TPSA) is 65.5 Å². The molecule has 1 fully saturated rings. The first-order valence-corrected chi connectivity index (χ1v) is 5.84. The number of carboxylic acid groups (broad SMARTS) is 1. The summed E-state index contributed by atoms with van der Waals surface area (Å²) in [6, 6.07) is 1.86. The second-order valence-electron chi connectivity index (χ2n) is 4.24. The van der Waals surface area contributed by atoms with Crippen LogP contribution >= 0.6 is 0 Å². The molecule has 0 radical (unpaired) electrons. The van der Waals surface area contributed by atoms with Crippen LogP contribution < -0.4 is 10.2 Å². The van der Waals surface area contributed by atoms with Crippen molar-refractivity contribution < 1.29 is 9.90 Å². The van der Waals surface area contributed by atoms with Gasteiger partial charge < -0.3 is 15.3 Å². The van der Waals surface area contributed by atoms with Crippen LogP contribution in [0.4, 0.5) is 5.69 Å². The molecule has 1 aliphatic heterocycles. The van der Waals surface area contributed by atoms with Crippen molar-refractivity contribution >= 4 is 11.7 Å². The van der Waals surface area contributed by atoms with E-state index < -0.39 is 5.97 Å². The Morgan fingerprint density at radius 2 is 2.29 bits per heavy atom. The second-order valence-corrected chi connectivity index (χ2v) is 4.24. The Bertz CT molecular complexity index is 412. The maximum absolute atomic E-state index is 11.2. The first kappa shape index (κ1) is 11.9. The molecule has 0 bridgehead atoms. The van der Waals surface area contributed by atoms with Gasteiger partial charge in [0.1, 0.15) is 5.56 Å². The van der Waals surface area contributed by atoms with E-state index in [0.29, 0.717) is 0 Å². The molecule has 0 unspecified atom stereocenters. The van der Waals surface area contributed by atoms with Gasteiger partial charge in [-0.25, -0.2) is 4.79 Å². The molecule has 2 heterocycles. The molecule has 0 saturated carbocycles. The van der Waals surface area contributed by atoms with E-state index in [-0.39, 0.29) is 5.56 Å². The fourth-order valence-electron chi connectivity index (χ4n) is 2.06. The molecule has 0 spiro atoms. The molecule has 0 atom stereocenters. The molecule has 2 N–H and O–H groups in total. The molecule has 1 aliphatic rings. The van der Waals surface area contributed by atoms with E-state index in [4.69, 9.17) is 0 Å². The van der Waals surface area contributed by atoms with Gasteiger partial charge in [0.2, 0.25) is 0 Å². The van der Waals surface area contributed by atoms with E-state index in [1.807, 2.05) is 13.0 Å². The molecule has 0 aliphatic carbocycles. The van der Waals surface area contributed by atoms with Gasteiger partial charge in [-0.2, -0.15) is 0 Å². The van der Waals surface area contributed by atoms with Gasteiger partial charge in [0.05, 0.1) is 5.69 Å². The van der Waals surface area contributed by atoms with E-state index in [1.165, 1.54) is 6.20 Å². The maximum atomic E-state index is 11.2. The first-order valence-electron chi connectivity index (χ1n) is 5.84. The maximum Gasteiger partial charge on any atom is 0.339 e. The van der Waals surface area contributed by atoms with Crippen molar-refractivity contribution in [2.24, 2.45) is 0 Å². The number of aromatic nitrogens is 1. The van der Waals surface area contributed by atoms with Crippen LogP contribution in [0.3, 0.4) is 0 Å². The Morgan fingerprint density at radius 3 is 3.06 bits per heavy atom. The number of aryl methyl sites for hydroxylation is 1. The quantitative estimate of drug-likeness (QED) is 0.797. The summed E-state index contributed by atoms with van der Waals surface area (Å²) in [5.74, 6) is -0.912. The molecule has 5 heteroatoms. The Kier molecular flexibility index (Phi) is 3.58. The van der Waals surface area contributed by atoms with Crippen LogP contribution in [0.1, 0.15) is 22.5 Å². The van der Waals surface area contributed by atoms with E-state index in [1.54, 1.807) is 0 Å². The van der Waals surface area contributed by atoms with Gasteiger partial charge in [-0.1, -0.05) is 0 Å². The summed E-state index contributed by atoms with van der Waals surface area (Å²) in [5, 5.41) is 12.5. The highest BCUT2D eigenvalue weighted by molar-refractivity contribution is 5.94. The number of nitrogens with one attached hydrogen (secondary N) is 1. The van der Waals surface area contributed by atoms with Crippen LogP contribution in [-0.4, -0.2) is 42.2 Å². The molecule has 1 aromatic rings. The Hall–Kier alpha value is -1.62. The highest BCUT2D eigenvalue weighted by Gasteiger charge is 2.17. The minimum absolute atomic E-state index is 0.289. The molecule has 0 aromatic carbocycles. The third-order valence-corrected chi connectivity index (χ3v) is 2.93. The zero-order chi connectivity index (χ0) is 12.3. The minimum atomic E-state index is -0.912. The van der Waals surface area contributed by atoms with E-state index in [2.05, 4.69) is 15.2 Å². The Labute approximate surface area is 100 Å². The first-order chi connectivity index (χ1) is 8.18. The second kappa shape index (κ2) is 5.14. The molecule has 5 nitrogen and oxygen atoms in total. The summed E-state index contributed by atoms with van der Waals surface area (Å²) in [6.45, 7) is 5.48. The average molecular weight is 235 g/mol. The van der Waals surface area contributed by atoms with Gasteiger partial charge >= 0.3 is 5.97 Å². The SMILES string of the molecule is Cc1cc(N2CCCNCC2)c(C(=O)O)cn1. The Balaban J connectivity index is 2.34. The molecule has 2 rings (SSSR count). The van der Waals surface area contributed by atoms with Crippen molar-refractivity contribution in [3.05, 3.63) is 23.5 Å². The minimum Gasteiger partial charge on any atom is -0.478 e. The van der Waals surface area contributed by atoms with Gasteiger partial charge in [0, 0.05) is 31.5 Å². The summed E-state index contributed by atoms with van der Waals surface area (Å²) >= 11 is 0. The van der Waals surface area contributed by atoms with Gasteiger partial charge in [0.25, 0.3) is 0 Å². The number of carbonyl (C=O) groups is 1. The lowest BCUT2D eigenvalue weighted by atomic mass is 10.2. The summed E-state index contributed by atoms with van der Waals surface area (Å²) in [6.07, 6.45) is 2.48. The predicted octanol–water partition coefficient (Wildman–Crippen LogP) is 0.888. The van der Waals surface area contributed by atoms with Crippen LogP contribution in [-0.2, 0) is 0 Å². The number of anilines is 1. The molecule has 92 valence electrons. The van der Waals surface area contributed by atoms with Crippen molar-refractivity contribution in [1.82, 2.24) is 10.3 Å². The van der Waals surface area contributed by atoms with Crippen molar-refractivity contribution in [1.29, 1.82) is 0 Å². The van der Waals surface area contributed by atoms with Crippen LogP contribution in [0.5, 0.6) is 0 Å². The zero-order valence-corrected chi connectivity index (χ0v) is 9.94. The lowest BCUT2D eigenvalue weighted by Crippen LogP contribution is -2.29. The standard InChI is InChI=1S/C12H17N3O2/c1-9-7-11(10(8-14-9)12(16)17)15-5-2-3-13-4-6-15/h7-8,13H,2-6H2,1H3,(H,16,17). The average Bonchev–Trinajstić information content (AvgIpc) is 2.56. The smallest absolute Gasteiger partial charge is 0.339 e. The van der Waals surface area contributed by atoms with E-state index in [9.17, 15) is 9.90 Å². The number of rotatable bonds is 2. The van der Waals surface area contributed by atoms with Crippen molar-refractivity contribution in [2.45, 2.75) is 13.3 Å². The van der Waals surface area contributed by atoms with Crippen molar-refractivity contribution in [3.8, 4) is 0 Å². The highest BCUT2D eigenvalue weighted by Crippen LogP contribution is 2.21. The molecule has 17 heavy (non-hydrogen) atoms. The summed E-state index contributed by atoms with van der Waals surface area (Å²) in [5.41, 5.74) is 1.92. The van der Waals surface area contributed by atoms with Gasteiger partial charge in [-0.3, -0.25) is 4.98 Å². The van der Waals surface area contributed by atoms with Gasteiger partial charge in [-0.15, -0.1) is 0 Å². The third-order valence-electron chi connectivity index (χ3n) is 2.93. The highest BCUT2D eigenvalue weighted by atomic mass is 16.4. The van der Waals surface area contributed by atoms with E-state index in [0.717, 1.165) is 44.0 Å². The lowest BCUT2D eigenvalue weighted by Gasteiger charge is -2.24. The van der Waals surface area contributed by atoms with Crippen LogP contribution in [0.25, 0.3) is 0 Å². The fourth-order valence-corrected chi connectivity index (χ4v) is 2.06. The number of nitrogens with zero attached hydrogens (tertiary/aromatic N) is 2. The largest absolute Gasteiger partial charge is 0.478 e. The molecular formula is C12H17N3O2. The van der Waals surface area contributed by atoms with Crippen molar-refractivity contribution in [2.75, 3.05) is 31.1 Å². The monoisotopic (exact) mass is 235 g/mol. The van der Waals surface area contributed by atoms with Crippen LogP contribution in [0.15, 0.2) is 12.3 Å². The number of aromatic carboxylic acids is 1. The van der Waals surface area contributed by atoms with E-state index >= 15 is 0 Å². The number of pyridine rings is 1. The van der Waals surface area contributed by atoms with Gasteiger partial charge in [0.15, 0.2) is 0 Å². The number of hydrogen-bond acceptors (Lipinski definition) is 4. The number of hydrogen-bond donors (Lipinski definition) is 2. The molecular weight excluding hydrogens is 218 g/mol. The fraction of sp³-hybridized carbons (Fsp3) is 0.500. The molecule has 1 aromatic heterocycles. The van der Waals surface area contributed by atoms with Crippen LogP contribution in [0.2, 0.25) is 0 Å². The summed E-state index contributed by atoms with van der Waals surface area (Å²) in [7, 11) is 0. The predicted molar refractivity (Wildman–Crippen MR) is 65.6 cm³/mol. The van der Waals surface area contributed by atoms with Crippen molar-refractivity contribution in [3.63, 3.8) is 0 Å². The Morgan fingerprint density at radius 1 is 1.47 bits per heavy atom. The molecule has 1 saturated heterocycles. The number of carboxylic acids is 1. The third kappa shape index (κ3) is 2.74. The van der Waals surface area contributed by atoms with Crippen LogP contribution in [0, 0.1) is 6.92 Å². The summed E-state index contributed by atoms with van der Waals surface area (Å²) < 4.78 is 0. The lowest BCUT2D eigenvalue weighted by molar-refractivity contribution is 0.0697. The summed E-state index contributed by atoms with van der Waals surface area (Å²) in [4.78, 5) is 17.4. The zero-order valence-electron chi connectivity index (χ0n) is 9.94.